The number of rotatable bonds is 8. The summed E-state index contributed by atoms with van der Waals surface area (Å²) in [5.41, 5.74) is 2.22. The van der Waals surface area contributed by atoms with Crippen molar-refractivity contribution in [3.05, 3.63) is 59.7 Å². The molecule has 0 amide bonds. The predicted octanol–water partition coefficient (Wildman–Crippen LogP) is 4.05. The van der Waals surface area contributed by atoms with E-state index in [4.69, 9.17) is 4.74 Å². The van der Waals surface area contributed by atoms with Gasteiger partial charge in [0.25, 0.3) is 0 Å². The fourth-order valence-corrected chi connectivity index (χ4v) is 5.69. The average molecular weight is 474 g/mol. The van der Waals surface area contributed by atoms with E-state index in [2.05, 4.69) is 4.98 Å². The van der Waals surface area contributed by atoms with Gasteiger partial charge in [-0.2, -0.15) is 4.31 Å². The summed E-state index contributed by atoms with van der Waals surface area (Å²) in [5, 5.41) is 0. The molecule has 1 aliphatic rings. The van der Waals surface area contributed by atoms with Crippen molar-refractivity contribution in [2.45, 2.75) is 57.1 Å². The van der Waals surface area contributed by atoms with Gasteiger partial charge in [-0.05, 0) is 62.1 Å². The minimum Gasteiger partial charge on any atom is -0.457 e. The topological polar surface area (TPSA) is 81.5 Å². The maximum Gasteiger partial charge on any atom is 0.306 e. The number of nitrogens with zero attached hydrogens (tertiary/aromatic N) is 3. The molecule has 2 aromatic carbocycles. The van der Waals surface area contributed by atoms with Crippen LogP contribution >= 0.6 is 0 Å². The van der Waals surface area contributed by atoms with Crippen LogP contribution in [0.4, 0.5) is 4.39 Å². The van der Waals surface area contributed by atoms with Crippen LogP contribution in [0, 0.1) is 5.82 Å². The largest absolute Gasteiger partial charge is 0.457 e. The number of sulfonamides is 1. The summed E-state index contributed by atoms with van der Waals surface area (Å²) in [6.45, 7) is 3.65. The van der Waals surface area contributed by atoms with Crippen LogP contribution < -0.4 is 0 Å². The maximum absolute atomic E-state index is 13.0. The highest BCUT2D eigenvalue weighted by molar-refractivity contribution is 7.89. The molecular formula is C24H28FN3O4S. The van der Waals surface area contributed by atoms with Gasteiger partial charge in [-0.25, -0.2) is 17.8 Å². The first-order valence-corrected chi connectivity index (χ1v) is 12.7. The lowest BCUT2D eigenvalue weighted by Gasteiger charge is -2.25. The Balaban J connectivity index is 1.46. The summed E-state index contributed by atoms with van der Waals surface area (Å²) < 4.78 is 47.9. The van der Waals surface area contributed by atoms with E-state index in [-0.39, 0.29) is 29.7 Å². The number of aromatic nitrogens is 2. The van der Waals surface area contributed by atoms with E-state index in [1.165, 1.54) is 16.4 Å². The summed E-state index contributed by atoms with van der Waals surface area (Å²) in [4.78, 5) is 17.0. The number of ether oxygens (including phenoxy) is 1. The molecule has 1 aliphatic heterocycles. The molecule has 1 aromatic heterocycles. The molecule has 33 heavy (non-hydrogen) atoms. The first-order chi connectivity index (χ1) is 15.9. The molecule has 0 saturated carbocycles. The highest BCUT2D eigenvalue weighted by Gasteiger charge is 2.26. The van der Waals surface area contributed by atoms with E-state index in [1.54, 1.807) is 30.3 Å². The Labute approximate surface area is 193 Å². The Morgan fingerprint density at radius 1 is 1.09 bits per heavy atom. The van der Waals surface area contributed by atoms with Crippen molar-refractivity contribution in [3.8, 4) is 0 Å². The van der Waals surface area contributed by atoms with Crippen LogP contribution in [0.25, 0.3) is 11.0 Å². The molecule has 1 saturated heterocycles. The molecule has 0 aliphatic carbocycles. The number of carbonyl (C=O) groups is 1. The van der Waals surface area contributed by atoms with Gasteiger partial charge in [-0.1, -0.05) is 18.6 Å². The number of hydrogen-bond acceptors (Lipinski definition) is 5. The van der Waals surface area contributed by atoms with Crippen LogP contribution in [0.3, 0.4) is 0 Å². The molecule has 1 fully saturated rings. The van der Waals surface area contributed by atoms with E-state index in [0.29, 0.717) is 37.4 Å². The molecule has 3 aromatic rings. The van der Waals surface area contributed by atoms with Gasteiger partial charge in [0.1, 0.15) is 18.2 Å². The van der Waals surface area contributed by atoms with E-state index >= 15 is 0 Å². The number of esters is 1. The number of benzene rings is 2. The average Bonchev–Trinajstić information content (AvgIpc) is 3.19. The molecule has 9 heteroatoms. The Morgan fingerprint density at radius 3 is 2.52 bits per heavy atom. The Bertz CT molecular complexity index is 1230. The van der Waals surface area contributed by atoms with Crippen LogP contribution in [0.2, 0.25) is 0 Å². The molecule has 0 bridgehead atoms. The normalized spacial score (nSPS) is 15.1. The Kier molecular flexibility index (Phi) is 7.09. The lowest BCUT2D eigenvalue weighted by atomic mass is 10.1. The molecule has 0 atom stereocenters. The zero-order chi connectivity index (χ0) is 23.4. The molecule has 0 unspecified atom stereocenters. The van der Waals surface area contributed by atoms with Gasteiger partial charge in [-0.15, -0.1) is 0 Å². The van der Waals surface area contributed by atoms with Crippen molar-refractivity contribution in [2.75, 3.05) is 13.1 Å². The molecule has 4 rings (SSSR count). The number of hydrogen-bond donors (Lipinski definition) is 0. The second-order valence-electron chi connectivity index (χ2n) is 8.17. The monoisotopic (exact) mass is 473 g/mol. The predicted molar refractivity (Wildman–Crippen MR) is 123 cm³/mol. The fraction of sp³-hybridized carbons (Fsp3) is 0.417. The van der Waals surface area contributed by atoms with E-state index in [0.717, 1.165) is 30.3 Å². The zero-order valence-electron chi connectivity index (χ0n) is 18.7. The zero-order valence-corrected chi connectivity index (χ0v) is 19.5. The first-order valence-electron chi connectivity index (χ1n) is 11.3. The number of imidazole rings is 1. The van der Waals surface area contributed by atoms with Gasteiger partial charge in [0.15, 0.2) is 0 Å². The fourth-order valence-electron chi connectivity index (χ4n) is 4.15. The van der Waals surface area contributed by atoms with Crippen molar-refractivity contribution < 1.29 is 22.3 Å². The SMILES string of the molecule is CCn1c(COC(=O)CCc2ccc(F)cc2)nc2cc(S(=O)(=O)N3CCCCC3)ccc21. The molecule has 176 valence electrons. The summed E-state index contributed by atoms with van der Waals surface area (Å²) in [7, 11) is -3.55. The van der Waals surface area contributed by atoms with Gasteiger partial charge >= 0.3 is 5.97 Å². The van der Waals surface area contributed by atoms with E-state index < -0.39 is 10.0 Å². The second-order valence-corrected chi connectivity index (χ2v) is 10.1. The standard InChI is InChI=1S/C24H28FN3O4S/c1-2-28-22-12-11-20(33(30,31)27-14-4-3-5-15-27)16-21(22)26-23(28)17-32-24(29)13-8-18-6-9-19(25)10-7-18/h6-7,9-12,16H,2-5,8,13-15,17H2,1H3. The number of halogens is 1. The summed E-state index contributed by atoms with van der Waals surface area (Å²) in [6, 6.07) is 11.0. The smallest absolute Gasteiger partial charge is 0.306 e. The number of piperidine rings is 1. The lowest BCUT2D eigenvalue weighted by molar-refractivity contribution is -0.145. The molecule has 0 N–H and O–H groups in total. The second kappa shape index (κ2) is 10.0. The third-order valence-electron chi connectivity index (χ3n) is 5.96. The van der Waals surface area contributed by atoms with Crippen molar-refractivity contribution >= 4 is 27.0 Å². The molecule has 7 nitrogen and oxygen atoms in total. The molecule has 0 spiro atoms. The highest BCUT2D eigenvalue weighted by Crippen LogP contribution is 2.25. The van der Waals surface area contributed by atoms with Crippen LogP contribution in [0.5, 0.6) is 0 Å². The number of aryl methyl sites for hydroxylation is 2. The lowest BCUT2D eigenvalue weighted by Crippen LogP contribution is -2.35. The summed E-state index contributed by atoms with van der Waals surface area (Å²) >= 11 is 0. The van der Waals surface area contributed by atoms with Crippen molar-refractivity contribution in [2.24, 2.45) is 0 Å². The van der Waals surface area contributed by atoms with Crippen molar-refractivity contribution in [1.29, 1.82) is 0 Å². The third-order valence-corrected chi connectivity index (χ3v) is 7.86. The van der Waals surface area contributed by atoms with Gasteiger partial charge in [0.05, 0.1) is 15.9 Å². The molecule has 0 radical (unpaired) electrons. The van der Waals surface area contributed by atoms with Crippen LogP contribution in [-0.4, -0.2) is 41.3 Å². The first kappa shape index (κ1) is 23.4. The van der Waals surface area contributed by atoms with Crippen molar-refractivity contribution in [1.82, 2.24) is 13.9 Å². The molecule has 2 heterocycles. The van der Waals surface area contributed by atoms with Gasteiger partial charge in [-0.3, -0.25) is 4.79 Å². The summed E-state index contributed by atoms with van der Waals surface area (Å²) in [6.07, 6.45) is 3.44. The van der Waals surface area contributed by atoms with Gasteiger partial charge < -0.3 is 9.30 Å². The Morgan fingerprint density at radius 2 is 1.82 bits per heavy atom. The van der Waals surface area contributed by atoms with Gasteiger partial charge in [0, 0.05) is 26.1 Å². The highest BCUT2D eigenvalue weighted by atomic mass is 32.2. The number of fused-ring (bicyclic) bond motifs is 1. The van der Waals surface area contributed by atoms with Crippen LogP contribution in [0.1, 0.15) is 44.0 Å². The van der Waals surface area contributed by atoms with Gasteiger partial charge in [0.2, 0.25) is 10.0 Å². The number of carbonyl (C=O) groups excluding carboxylic acids is 1. The Hall–Kier alpha value is -2.78. The van der Waals surface area contributed by atoms with Crippen molar-refractivity contribution in [3.63, 3.8) is 0 Å². The van der Waals surface area contributed by atoms with Crippen LogP contribution in [0.15, 0.2) is 47.4 Å². The minimum absolute atomic E-state index is 0.00101. The maximum atomic E-state index is 13.0. The summed E-state index contributed by atoms with van der Waals surface area (Å²) in [5.74, 6) is -0.121. The third kappa shape index (κ3) is 5.25. The molecular weight excluding hydrogens is 445 g/mol. The quantitative estimate of drug-likeness (QED) is 0.461. The van der Waals surface area contributed by atoms with Crippen LogP contribution in [-0.2, 0) is 39.1 Å². The van der Waals surface area contributed by atoms with E-state index in [1.807, 2.05) is 11.5 Å². The van der Waals surface area contributed by atoms with E-state index in [9.17, 15) is 17.6 Å². The minimum atomic E-state index is -3.55.